The maximum Gasteiger partial charge on any atom is 0.304 e. The van der Waals surface area contributed by atoms with Crippen LogP contribution in [-0.2, 0) is 4.79 Å². The van der Waals surface area contributed by atoms with Crippen LogP contribution in [0.1, 0.15) is 33.6 Å². The average Bonchev–Trinajstić information content (AvgIpc) is 2.87. The Morgan fingerprint density at radius 2 is 1.70 bits per heavy atom. The summed E-state index contributed by atoms with van der Waals surface area (Å²) in [6, 6.07) is 19.6. The van der Waals surface area contributed by atoms with Gasteiger partial charge in [-0.3, -0.25) is 4.79 Å². The molecule has 1 heterocycles. The molecule has 2 atom stereocenters. The predicted molar refractivity (Wildman–Crippen MR) is 121 cm³/mol. The molecule has 6 heteroatoms. The van der Waals surface area contributed by atoms with Crippen LogP contribution in [0.15, 0.2) is 60.7 Å². The van der Waals surface area contributed by atoms with Crippen molar-refractivity contribution in [2.45, 2.75) is 16.9 Å². The van der Waals surface area contributed by atoms with Crippen molar-refractivity contribution >= 4 is 29.3 Å². The molecular formula is C24H21ClO4S. The van der Waals surface area contributed by atoms with Gasteiger partial charge in [0.25, 0.3) is 0 Å². The van der Waals surface area contributed by atoms with Crippen LogP contribution in [0.3, 0.4) is 0 Å². The molecule has 0 radical (unpaired) electrons. The maximum atomic E-state index is 11.7. The fourth-order valence-corrected chi connectivity index (χ4v) is 5.78. The third kappa shape index (κ3) is 3.75. The van der Waals surface area contributed by atoms with E-state index in [9.17, 15) is 9.90 Å². The lowest BCUT2D eigenvalue weighted by Gasteiger charge is -2.24. The normalized spacial score (nSPS) is 17.4. The first kappa shape index (κ1) is 20.6. The molecule has 1 aliphatic rings. The number of hydrogen-bond acceptors (Lipinski definition) is 4. The van der Waals surface area contributed by atoms with Gasteiger partial charge in [-0.2, -0.15) is 0 Å². The number of carboxylic acid groups (broad SMARTS) is 1. The summed E-state index contributed by atoms with van der Waals surface area (Å²) in [4.78, 5) is 11.7. The van der Waals surface area contributed by atoms with Gasteiger partial charge in [0.2, 0.25) is 0 Å². The smallest absolute Gasteiger partial charge is 0.304 e. The molecule has 0 saturated heterocycles. The van der Waals surface area contributed by atoms with Crippen molar-refractivity contribution in [1.82, 2.24) is 0 Å². The quantitative estimate of drug-likeness (QED) is 0.499. The van der Waals surface area contributed by atoms with Crippen LogP contribution in [-0.4, -0.2) is 25.3 Å². The first-order valence-corrected chi connectivity index (χ1v) is 10.8. The summed E-state index contributed by atoms with van der Waals surface area (Å²) in [6.07, 6.45) is 0.0200. The molecule has 0 fully saturated rings. The highest BCUT2D eigenvalue weighted by atomic mass is 35.5. The van der Waals surface area contributed by atoms with E-state index >= 15 is 0 Å². The molecule has 1 N–H and O–H groups in total. The zero-order valence-corrected chi connectivity index (χ0v) is 18.2. The van der Waals surface area contributed by atoms with Crippen molar-refractivity contribution < 1.29 is 19.4 Å². The zero-order chi connectivity index (χ0) is 21.3. The number of ether oxygens (including phenoxy) is 2. The average molecular weight is 441 g/mol. The van der Waals surface area contributed by atoms with Crippen LogP contribution in [0.2, 0.25) is 5.02 Å². The molecule has 1 aliphatic heterocycles. The number of rotatable bonds is 5. The lowest BCUT2D eigenvalue weighted by molar-refractivity contribution is -0.137. The van der Waals surface area contributed by atoms with Crippen molar-refractivity contribution in [3.8, 4) is 22.6 Å². The minimum atomic E-state index is -0.831. The van der Waals surface area contributed by atoms with E-state index in [2.05, 4.69) is 0 Å². The number of carboxylic acids is 1. The van der Waals surface area contributed by atoms with Gasteiger partial charge in [0.15, 0.2) is 11.5 Å². The van der Waals surface area contributed by atoms with Crippen molar-refractivity contribution in [2.75, 3.05) is 14.2 Å². The van der Waals surface area contributed by atoms with Gasteiger partial charge in [-0.1, -0.05) is 54.1 Å². The van der Waals surface area contributed by atoms with Crippen LogP contribution in [0.25, 0.3) is 11.1 Å². The van der Waals surface area contributed by atoms with Crippen molar-refractivity contribution in [3.05, 3.63) is 82.4 Å². The highest BCUT2D eigenvalue weighted by Gasteiger charge is 2.33. The van der Waals surface area contributed by atoms with E-state index in [0.717, 1.165) is 27.8 Å². The minimum absolute atomic E-state index is 0.0200. The SMILES string of the molecule is COc1cccc([C@H]2S[C@H](CC(=O)O)c3ccccc3-c3ccc(Cl)cc32)c1OC. The molecule has 0 unspecified atom stereocenters. The predicted octanol–water partition coefficient (Wildman–Crippen LogP) is 6.38. The number of fused-ring (bicyclic) bond motifs is 3. The zero-order valence-electron chi connectivity index (χ0n) is 16.6. The van der Waals surface area contributed by atoms with Crippen LogP contribution >= 0.6 is 23.4 Å². The second-order valence-corrected chi connectivity index (χ2v) is 8.75. The van der Waals surface area contributed by atoms with Gasteiger partial charge >= 0.3 is 5.97 Å². The Morgan fingerprint density at radius 3 is 2.43 bits per heavy atom. The van der Waals surface area contributed by atoms with Crippen LogP contribution < -0.4 is 9.47 Å². The molecular weight excluding hydrogens is 420 g/mol. The second kappa shape index (κ2) is 8.62. The topological polar surface area (TPSA) is 55.8 Å². The molecule has 30 heavy (non-hydrogen) atoms. The molecule has 4 rings (SSSR count). The minimum Gasteiger partial charge on any atom is -0.493 e. The monoisotopic (exact) mass is 440 g/mol. The van der Waals surface area contributed by atoms with Crippen molar-refractivity contribution in [2.24, 2.45) is 0 Å². The third-order valence-electron chi connectivity index (χ3n) is 5.27. The number of benzene rings is 3. The fraction of sp³-hybridized carbons (Fsp3) is 0.208. The molecule has 154 valence electrons. The number of halogens is 1. The van der Waals surface area contributed by atoms with Gasteiger partial charge in [0.1, 0.15) is 0 Å². The van der Waals surface area contributed by atoms with E-state index < -0.39 is 5.97 Å². The highest BCUT2D eigenvalue weighted by Crippen LogP contribution is 2.56. The lowest BCUT2D eigenvalue weighted by Crippen LogP contribution is -2.07. The Balaban J connectivity index is 1.98. The number of thioether (sulfide) groups is 1. The molecule has 0 saturated carbocycles. The van der Waals surface area contributed by atoms with Gasteiger partial charge < -0.3 is 14.6 Å². The summed E-state index contributed by atoms with van der Waals surface area (Å²) < 4.78 is 11.2. The Hall–Kier alpha value is -2.63. The van der Waals surface area contributed by atoms with Crippen molar-refractivity contribution in [1.29, 1.82) is 0 Å². The Bertz CT molecular complexity index is 1100. The number of hydrogen-bond donors (Lipinski definition) is 1. The van der Waals surface area contributed by atoms with E-state index in [0.29, 0.717) is 16.5 Å². The van der Waals surface area contributed by atoms with E-state index in [4.69, 9.17) is 21.1 Å². The van der Waals surface area contributed by atoms with E-state index in [1.54, 1.807) is 26.0 Å². The van der Waals surface area contributed by atoms with Crippen LogP contribution in [0.4, 0.5) is 0 Å². The van der Waals surface area contributed by atoms with Gasteiger partial charge in [-0.15, -0.1) is 11.8 Å². The summed E-state index contributed by atoms with van der Waals surface area (Å²) in [7, 11) is 3.22. The molecule has 4 nitrogen and oxygen atoms in total. The summed E-state index contributed by atoms with van der Waals surface area (Å²) >= 11 is 8.00. The molecule has 3 aromatic carbocycles. The molecule has 3 aromatic rings. The highest BCUT2D eigenvalue weighted by molar-refractivity contribution is 8.00. The van der Waals surface area contributed by atoms with E-state index in [1.807, 2.05) is 60.7 Å². The Morgan fingerprint density at radius 1 is 0.967 bits per heavy atom. The number of methoxy groups -OCH3 is 2. The largest absolute Gasteiger partial charge is 0.493 e. The summed E-state index contributed by atoms with van der Waals surface area (Å²) in [6.45, 7) is 0. The molecule has 0 aromatic heterocycles. The second-order valence-electron chi connectivity index (χ2n) is 7.00. The molecule has 0 aliphatic carbocycles. The number of carbonyl (C=O) groups is 1. The summed E-state index contributed by atoms with van der Waals surface area (Å²) in [5.41, 5.74) is 5.04. The summed E-state index contributed by atoms with van der Waals surface area (Å²) in [5, 5.41) is 9.83. The van der Waals surface area contributed by atoms with Gasteiger partial charge in [-0.25, -0.2) is 0 Å². The Kier molecular flexibility index (Phi) is 5.93. The first-order valence-electron chi connectivity index (χ1n) is 9.50. The fourth-order valence-electron chi connectivity index (χ4n) is 4.01. The van der Waals surface area contributed by atoms with Gasteiger partial charge in [-0.05, 0) is 40.5 Å². The molecule has 0 spiro atoms. The molecule has 0 amide bonds. The van der Waals surface area contributed by atoms with Crippen LogP contribution in [0.5, 0.6) is 11.5 Å². The maximum absolute atomic E-state index is 11.7. The number of para-hydroxylation sites is 1. The van der Waals surface area contributed by atoms with E-state index in [-0.39, 0.29) is 16.9 Å². The summed E-state index contributed by atoms with van der Waals surface area (Å²) in [5.74, 6) is 0.446. The third-order valence-corrected chi connectivity index (χ3v) is 7.03. The van der Waals surface area contributed by atoms with E-state index in [1.165, 1.54) is 0 Å². The number of aliphatic carboxylic acids is 1. The van der Waals surface area contributed by atoms with Crippen molar-refractivity contribution in [3.63, 3.8) is 0 Å². The first-order chi connectivity index (χ1) is 14.5. The standard InChI is InChI=1S/C24H21ClO4S/c1-28-20-9-5-8-18(23(20)29-2)24-19-12-14(25)10-11-16(19)15-6-3-4-7-17(15)21(30-24)13-22(26)27/h3-12,21,24H,13H2,1-2H3,(H,26,27)/t21-,24-/m1/s1. The molecule has 0 bridgehead atoms. The Labute approximate surface area is 184 Å². The van der Waals surface area contributed by atoms with Gasteiger partial charge in [0.05, 0.1) is 25.9 Å². The van der Waals surface area contributed by atoms with Gasteiger partial charge in [0, 0.05) is 15.8 Å². The lowest BCUT2D eigenvalue weighted by atomic mass is 9.90. The van der Waals surface area contributed by atoms with Crippen LogP contribution in [0, 0.1) is 0 Å².